The molecule has 0 saturated heterocycles. The van der Waals surface area contributed by atoms with Gasteiger partial charge in [0.25, 0.3) is 0 Å². The van der Waals surface area contributed by atoms with E-state index in [-0.39, 0.29) is 0 Å². The van der Waals surface area contributed by atoms with Crippen molar-refractivity contribution >= 4 is 0 Å². The number of rotatable bonds is 3. The summed E-state index contributed by atoms with van der Waals surface area (Å²) in [4.78, 5) is 1.50. The molecule has 15 heavy (non-hydrogen) atoms. The normalized spacial score (nSPS) is 19.0. The molecule has 5 heteroatoms. The lowest BCUT2D eigenvalue weighted by Crippen LogP contribution is -2.28. The molecule has 0 aliphatic heterocycles. The number of hydrogen-bond donors (Lipinski definition) is 1. The van der Waals surface area contributed by atoms with Crippen LogP contribution < -0.4 is 5.32 Å². The Morgan fingerprint density at radius 1 is 1.27 bits per heavy atom. The average Bonchev–Trinajstić information content (AvgIpc) is 2.52. The third-order valence-electron chi connectivity index (χ3n) is 2.95. The zero-order valence-electron chi connectivity index (χ0n) is 9.32. The fourth-order valence-electron chi connectivity index (χ4n) is 2.11. The van der Waals surface area contributed by atoms with Crippen molar-refractivity contribution in [2.45, 2.75) is 51.1 Å². The van der Waals surface area contributed by atoms with Gasteiger partial charge in [0.15, 0.2) is 5.82 Å². The van der Waals surface area contributed by atoms with Gasteiger partial charge in [-0.3, -0.25) is 0 Å². The quantitative estimate of drug-likeness (QED) is 0.755. The molecule has 5 nitrogen and oxygen atoms in total. The number of aryl methyl sites for hydroxylation is 1. The van der Waals surface area contributed by atoms with Crippen LogP contribution in [0.15, 0.2) is 0 Å². The van der Waals surface area contributed by atoms with Crippen LogP contribution >= 0.6 is 0 Å². The van der Waals surface area contributed by atoms with Crippen molar-refractivity contribution in [3.05, 3.63) is 5.82 Å². The first kappa shape index (κ1) is 10.5. The van der Waals surface area contributed by atoms with Crippen molar-refractivity contribution in [2.75, 3.05) is 0 Å². The first-order chi connectivity index (χ1) is 7.34. The van der Waals surface area contributed by atoms with Crippen LogP contribution in [0.3, 0.4) is 0 Å². The highest BCUT2D eigenvalue weighted by Crippen LogP contribution is 2.17. The van der Waals surface area contributed by atoms with E-state index < -0.39 is 0 Å². The van der Waals surface area contributed by atoms with E-state index in [0.29, 0.717) is 6.04 Å². The summed E-state index contributed by atoms with van der Waals surface area (Å²) in [5.41, 5.74) is 0. The molecular weight excluding hydrogens is 190 g/mol. The maximum atomic E-state index is 4.15. The lowest BCUT2D eigenvalue weighted by molar-refractivity contribution is 0.452. The Balaban J connectivity index is 1.76. The molecule has 1 saturated carbocycles. The minimum atomic E-state index is 0.649. The van der Waals surface area contributed by atoms with Crippen LogP contribution in [0.2, 0.25) is 0 Å². The molecule has 0 unspecified atom stereocenters. The second-order valence-corrected chi connectivity index (χ2v) is 4.26. The Labute approximate surface area is 90.2 Å². The van der Waals surface area contributed by atoms with Gasteiger partial charge in [0.05, 0.1) is 13.6 Å². The van der Waals surface area contributed by atoms with Crippen molar-refractivity contribution in [1.82, 2.24) is 25.5 Å². The molecule has 0 aromatic carbocycles. The lowest BCUT2D eigenvalue weighted by Gasteiger charge is -2.14. The molecule has 0 spiro atoms. The Bertz CT molecular complexity index is 288. The first-order valence-electron chi connectivity index (χ1n) is 5.81. The van der Waals surface area contributed by atoms with Crippen molar-refractivity contribution in [3.63, 3.8) is 0 Å². The molecule has 1 aromatic heterocycles. The van der Waals surface area contributed by atoms with Crippen LogP contribution in [-0.4, -0.2) is 26.2 Å². The van der Waals surface area contributed by atoms with Gasteiger partial charge in [-0.25, -0.2) is 0 Å². The third-order valence-corrected chi connectivity index (χ3v) is 2.95. The highest BCUT2D eigenvalue weighted by atomic mass is 15.6. The summed E-state index contributed by atoms with van der Waals surface area (Å²) in [7, 11) is 1.79. The van der Waals surface area contributed by atoms with E-state index >= 15 is 0 Å². The fraction of sp³-hybridized carbons (Fsp3) is 0.900. The van der Waals surface area contributed by atoms with Crippen LogP contribution in [0.1, 0.15) is 44.3 Å². The zero-order valence-corrected chi connectivity index (χ0v) is 9.32. The SMILES string of the molecule is Cn1nnc(CNC2CCCCCC2)n1. The van der Waals surface area contributed by atoms with Crippen LogP contribution in [-0.2, 0) is 13.6 Å². The van der Waals surface area contributed by atoms with Gasteiger partial charge in [-0.1, -0.05) is 25.7 Å². The Kier molecular flexibility index (Phi) is 3.66. The van der Waals surface area contributed by atoms with E-state index in [1.54, 1.807) is 7.05 Å². The first-order valence-corrected chi connectivity index (χ1v) is 5.81. The summed E-state index contributed by atoms with van der Waals surface area (Å²) in [5.74, 6) is 0.793. The monoisotopic (exact) mass is 209 g/mol. The van der Waals surface area contributed by atoms with E-state index in [1.165, 1.54) is 43.3 Å². The van der Waals surface area contributed by atoms with E-state index in [0.717, 1.165) is 12.4 Å². The van der Waals surface area contributed by atoms with Crippen molar-refractivity contribution < 1.29 is 0 Å². The van der Waals surface area contributed by atoms with Crippen LogP contribution in [0.5, 0.6) is 0 Å². The predicted octanol–water partition coefficient (Wildman–Crippen LogP) is 1.02. The standard InChI is InChI=1S/C10H19N5/c1-15-13-10(12-14-15)8-11-9-6-4-2-3-5-7-9/h9,11H,2-8H2,1H3. The smallest absolute Gasteiger partial charge is 0.188 e. The Hall–Kier alpha value is -0.970. The summed E-state index contributed by atoms with van der Waals surface area (Å²) in [6.07, 6.45) is 8.07. The average molecular weight is 209 g/mol. The number of hydrogen-bond acceptors (Lipinski definition) is 4. The van der Waals surface area contributed by atoms with Crippen LogP contribution in [0, 0.1) is 0 Å². The van der Waals surface area contributed by atoms with E-state index in [2.05, 4.69) is 20.7 Å². The van der Waals surface area contributed by atoms with Crippen LogP contribution in [0.25, 0.3) is 0 Å². The molecule has 1 fully saturated rings. The van der Waals surface area contributed by atoms with Crippen molar-refractivity contribution in [2.24, 2.45) is 7.05 Å². The third kappa shape index (κ3) is 3.27. The molecule has 0 radical (unpaired) electrons. The molecular formula is C10H19N5. The van der Waals surface area contributed by atoms with Gasteiger partial charge in [0, 0.05) is 6.04 Å². The molecule has 84 valence electrons. The highest BCUT2D eigenvalue weighted by Gasteiger charge is 2.12. The molecule has 1 N–H and O–H groups in total. The Morgan fingerprint density at radius 2 is 2.00 bits per heavy atom. The number of aromatic nitrogens is 4. The van der Waals surface area contributed by atoms with Crippen molar-refractivity contribution in [3.8, 4) is 0 Å². The van der Waals surface area contributed by atoms with E-state index in [9.17, 15) is 0 Å². The van der Waals surface area contributed by atoms with Gasteiger partial charge in [-0.15, -0.1) is 10.2 Å². The Morgan fingerprint density at radius 3 is 2.60 bits per heavy atom. The van der Waals surface area contributed by atoms with Gasteiger partial charge in [0.1, 0.15) is 0 Å². The van der Waals surface area contributed by atoms with E-state index in [1.807, 2.05) is 0 Å². The number of nitrogens with zero attached hydrogens (tertiary/aromatic N) is 4. The van der Waals surface area contributed by atoms with Gasteiger partial charge < -0.3 is 5.32 Å². The minimum Gasteiger partial charge on any atom is -0.307 e. The molecule has 1 aromatic rings. The fourth-order valence-corrected chi connectivity index (χ4v) is 2.11. The molecule has 1 aliphatic carbocycles. The molecule has 1 aliphatic rings. The minimum absolute atomic E-state index is 0.649. The summed E-state index contributed by atoms with van der Waals surface area (Å²) in [6.45, 7) is 0.749. The number of nitrogens with one attached hydrogen (secondary N) is 1. The van der Waals surface area contributed by atoms with Gasteiger partial charge in [0.2, 0.25) is 0 Å². The summed E-state index contributed by atoms with van der Waals surface area (Å²) >= 11 is 0. The maximum Gasteiger partial charge on any atom is 0.188 e. The van der Waals surface area contributed by atoms with Crippen LogP contribution in [0.4, 0.5) is 0 Å². The van der Waals surface area contributed by atoms with E-state index in [4.69, 9.17) is 0 Å². The summed E-state index contributed by atoms with van der Waals surface area (Å²) < 4.78 is 0. The summed E-state index contributed by atoms with van der Waals surface area (Å²) in [6, 6.07) is 0.649. The van der Waals surface area contributed by atoms with Gasteiger partial charge >= 0.3 is 0 Å². The summed E-state index contributed by atoms with van der Waals surface area (Å²) in [5, 5.41) is 15.4. The van der Waals surface area contributed by atoms with Gasteiger partial charge in [-0.05, 0) is 18.1 Å². The predicted molar refractivity (Wildman–Crippen MR) is 57.1 cm³/mol. The molecule has 2 rings (SSSR count). The molecule has 0 amide bonds. The second kappa shape index (κ2) is 5.21. The highest BCUT2D eigenvalue weighted by molar-refractivity contribution is 4.79. The second-order valence-electron chi connectivity index (χ2n) is 4.26. The lowest BCUT2D eigenvalue weighted by atomic mass is 10.1. The van der Waals surface area contributed by atoms with Gasteiger partial charge in [-0.2, -0.15) is 4.80 Å². The topological polar surface area (TPSA) is 55.6 Å². The molecule has 1 heterocycles. The number of tetrazole rings is 1. The maximum absolute atomic E-state index is 4.15. The van der Waals surface area contributed by atoms with Crippen molar-refractivity contribution in [1.29, 1.82) is 0 Å². The molecule has 0 bridgehead atoms. The zero-order chi connectivity index (χ0) is 10.5. The molecule has 0 atom stereocenters. The largest absolute Gasteiger partial charge is 0.307 e.